The van der Waals surface area contributed by atoms with E-state index in [2.05, 4.69) is 16.6 Å². The van der Waals surface area contributed by atoms with Gasteiger partial charge in [0.15, 0.2) is 5.78 Å². The fourth-order valence-corrected chi connectivity index (χ4v) is 3.12. The number of Topliss-reactive ketones (excluding diaryl/α,β-unsaturated/α-hetero) is 1. The zero-order valence-corrected chi connectivity index (χ0v) is 14.5. The molecule has 0 aliphatic carbocycles. The number of nitrogens with one attached hydrogen (secondary N) is 2. The Hall–Kier alpha value is -2.93. The Kier molecular flexibility index (Phi) is 5.71. The van der Waals surface area contributed by atoms with Gasteiger partial charge >= 0.3 is 0 Å². The largest absolute Gasteiger partial charge is 0.349 e. The van der Waals surface area contributed by atoms with Crippen molar-refractivity contribution in [3.05, 3.63) is 72.3 Å². The summed E-state index contributed by atoms with van der Waals surface area (Å²) in [5.41, 5.74) is 1.05. The lowest BCUT2D eigenvalue weighted by atomic mass is 10.1. The zero-order valence-electron chi connectivity index (χ0n) is 13.7. The highest BCUT2D eigenvalue weighted by Gasteiger charge is 2.15. The average Bonchev–Trinajstić information content (AvgIpc) is 2.59. The van der Waals surface area contributed by atoms with Crippen molar-refractivity contribution in [1.29, 1.82) is 0 Å². The van der Waals surface area contributed by atoms with Gasteiger partial charge in [0, 0.05) is 23.4 Å². The molecule has 25 heavy (non-hydrogen) atoms. The summed E-state index contributed by atoms with van der Waals surface area (Å²) in [6.07, 6.45) is 1.55. The van der Waals surface area contributed by atoms with Crippen LogP contribution < -0.4 is 10.0 Å². The number of ketones is 1. The quantitative estimate of drug-likeness (QED) is 0.588. The van der Waals surface area contributed by atoms with E-state index in [1.165, 1.54) is 37.3 Å². The van der Waals surface area contributed by atoms with Gasteiger partial charge in [-0.05, 0) is 43.3 Å². The van der Waals surface area contributed by atoms with E-state index < -0.39 is 10.0 Å². The van der Waals surface area contributed by atoms with Crippen molar-refractivity contribution in [3.8, 4) is 0 Å². The monoisotopic (exact) mass is 358 g/mol. The number of hydrogen-bond acceptors (Lipinski definition) is 4. The molecule has 0 aliphatic heterocycles. The minimum absolute atomic E-state index is 0.0148. The van der Waals surface area contributed by atoms with Crippen molar-refractivity contribution in [2.24, 2.45) is 0 Å². The molecule has 7 heteroatoms. The van der Waals surface area contributed by atoms with Crippen molar-refractivity contribution >= 4 is 27.4 Å². The molecule has 0 bridgehead atoms. The smallest absolute Gasteiger partial charge is 0.261 e. The molecule has 6 nitrogen and oxygen atoms in total. The predicted molar refractivity (Wildman–Crippen MR) is 96.2 cm³/mol. The highest BCUT2D eigenvalue weighted by molar-refractivity contribution is 7.92. The van der Waals surface area contributed by atoms with Crippen molar-refractivity contribution in [2.75, 3.05) is 11.3 Å². The second-order valence-corrected chi connectivity index (χ2v) is 6.95. The van der Waals surface area contributed by atoms with Crippen molar-refractivity contribution in [2.45, 2.75) is 11.8 Å². The van der Waals surface area contributed by atoms with Crippen LogP contribution in [0.1, 0.15) is 27.6 Å². The lowest BCUT2D eigenvalue weighted by molar-refractivity contribution is 0.0956. The molecule has 0 spiro atoms. The summed E-state index contributed by atoms with van der Waals surface area (Å²) in [5.74, 6) is -0.470. The van der Waals surface area contributed by atoms with Crippen LogP contribution >= 0.6 is 0 Å². The molecule has 0 fully saturated rings. The minimum Gasteiger partial charge on any atom is -0.349 e. The maximum Gasteiger partial charge on any atom is 0.261 e. The first-order valence-corrected chi connectivity index (χ1v) is 8.95. The third-order valence-corrected chi connectivity index (χ3v) is 4.75. The summed E-state index contributed by atoms with van der Waals surface area (Å²) in [6, 6.07) is 11.8. The van der Waals surface area contributed by atoms with E-state index in [0.717, 1.165) is 0 Å². The Balaban J connectivity index is 2.19. The van der Waals surface area contributed by atoms with Crippen LogP contribution in [0.3, 0.4) is 0 Å². The van der Waals surface area contributed by atoms with E-state index in [0.29, 0.717) is 23.4 Å². The van der Waals surface area contributed by atoms with Crippen LogP contribution in [0.25, 0.3) is 0 Å². The van der Waals surface area contributed by atoms with Crippen LogP contribution in [-0.2, 0) is 10.0 Å². The molecule has 0 heterocycles. The van der Waals surface area contributed by atoms with Crippen LogP contribution in [-0.4, -0.2) is 26.7 Å². The second kappa shape index (κ2) is 7.76. The fourth-order valence-electron chi connectivity index (χ4n) is 2.07. The van der Waals surface area contributed by atoms with Gasteiger partial charge in [-0.1, -0.05) is 18.2 Å². The lowest BCUT2D eigenvalue weighted by Crippen LogP contribution is -2.23. The highest BCUT2D eigenvalue weighted by Crippen LogP contribution is 2.18. The van der Waals surface area contributed by atoms with E-state index in [1.807, 2.05) is 0 Å². The molecule has 0 saturated heterocycles. The van der Waals surface area contributed by atoms with Crippen LogP contribution in [0, 0.1) is 0 Å². The van der Waals surface area contributed by atoms with Crippen LogP contribution in [0.5, 0.6) is 0 Å². The molecule has 1 amide bonds. The molecule has 0 aromatic heterocycles. The van der Waals surface area contributed by atoms with Gasteiger partial charge in [-0.15, -0.1) is 6.58 Å². The van der Waals surface area contributed by atoms with Gasteiger partial charge in [0.1, 0.15) is 0 Å². The van der Waals surface area contributed by atoms with Gasteiger partial charge in [0.05, 0.1) is 4.90 Å². The fraction of sp³-hybridized carbons (Fsp3) is 0.111. The van der Waals surface area contributed by atoms with Crippen LogP contribution in [0.4, 0.5) is 5.69 Å². The third kappa shape index (κ3) is 4.77. The van der Waals surface area contributed by atoms with E-state index in [4.69, 9.17) is 0 Å². The number of anilines is 1. The average molecular weight is 358 g/mol. The molecule has 0 radical (unpaired) electrons. The second-order valence-electron chi connectivity index (χ2n) is 5.27. The number of sulfonamides is 1. The molecular formula is C18H18N2O4S. The molecule has 0 unspecified atom stereocenters. The lowest BCUT2D eigenvalue weighted by Gasteiger charge is -2.09. The normalized spacial score (nSPS) is 10.8. The molecule has 0 atom stereocenters. The number of carbonyl (C=O) groups is 2. The molecule has 130 valence electrons. The first kappa shape index (κ1) is 18.4. The summed E-state index contributed by atoms with van der Waals surface area (Å²) in [4.78, 5) is 23.2. The molecule has 2 N–H and O–H groups in total. The number of amides is 1. The van der Waals surface area contributed by atoms with Gasteiger partial charge in [0.25, 0.3) is 15.9 Å². The number of rotatable bonds is 7. The van der Waals surface area contributed by atoms with E-state index >= 15 is 0 Å². The highest BCUT2D eigenvalue weighted by atomic mass is 32.2. The molecule has 2 aromatic carbocycles. The number of hydrogen-bond donors (Lipinski definition) is 2. The summed E-state index contributed by atoms with van der Waals surface area (Å²) in [6.45, 7) is 5.24. The molecule has 2 aromatic rings. The van der Waals surface area contributed by atoms with Gasteiger partial charge in [-0.3, -0.25) is 14.3 Å². The van der Waals surface area contributed by atoms with Crippen molar-refractivity contribution in [3.63, 3.8) is 0 Å². The number of benzene rings is 2. The Bertz CT molecular complexity index is 903. The van der Waals surface area contributed by atoms with Gasteiger partial charge in [-0.25, -0.2) is 8.42 Å². The van der Waals surface area contributed by atoms with Crippen LogP contribution in [0.2, 0.25) is 0 Å². The first-order valence-electron chi connectivity index (χ1n) is 7.46. The zero-order chi connectivity index (χ0) is 18.4. The third-order valence-electron chi connectivity index (χ3n) is 3.36. The Morgan fingerprint density at radius 2 is 1.76 bits per heavy atom. The summed E-state index contributed by atoms with van der Waals surface area (Å²) in [7, 11) is -3.82. The van der Waals surface area contributed by atoms with Crippen molar-refractivity contribution in [1.82, 2.24) is 5.32 Å². The van der Waals surface area contributed by atoms with Gasteiger partial charge in [0.2, 0.25) is 0 Å². The molecule has 0 saturated carbocycles. The maximum atomic E-state index is 12.4. The SMILES string of the molecule is C=CCNC(=O)c1ccc(S(=O)(=O)Nc2cccc(C(C)=O)c2)cc1. The van der Waals surface area contributed by atoms with E-state index in [1.54, 1.807) is 24.3 Å². The standard InChI is InChI=1S/C18H18N2O4S/c1-3-11-19-18(22)14-7-9-17(10-8-14)25(23,24)20-16-6-4-5-15(12-16)13(2)21/h3-10,12,20H,1,11H2,2H3,(H,19,22). The summed E-state index contributed by atoms with van der Waals surface area (Å²) < 4.78 is 27.3. The van der Waals surface area contributed by atoms with Gasteiger partial charge < -0.3 is 5.32 Å². The number of carbonyl (C=O) groups excluding carboxylic acids is 2. The Morgan fingerprint density at radius 1 is 1.08 bits per heavy atom. The summed E-state index contributed by atoms with van der Waals surface area (Å²) >= 11 is 0. The van der Waals surface area contributed by atoms with Crippen LogP contribution in [0.15, 0.2) is 66.1 Å². The molecular weight excluding hydrogens is 340 g/mol. The topological polar surface area (TPSA) is 92.3 Å². The minimum atomic E-state index is -3.82. The molecule has 0 aliphatic rings. The Morgan fingerprint density at radius 3 is 2.36 bits per heavy atom. The maximum absolute atomic E-state index is 12.4. The summed E-state index contributed by atoms with van der Waals surface area (Å²) in [5, 5.41) is 2.61. The Labute approximate surface area is 146 Å². The first-order chi connectivity index (χ1) is 11.8. The van der Waals surface area contributed by atoms with E-state index in [9.17, 15) is 18.0 Å². The van der Waals surface area contributed by atoms with E-state index in [-0.39, 0.29) is 16.6 Å². The van der Waals surface area contributed by atoms with Crippen molar-refractivity contribution < 1.29 is 18.0 Å². The molecule has 2 rings (SSSR count). The predicted octanol–water partition coefficient (Wildman–Crippen LogP) is 2.61. The van der Waals surface area contributed by atoms with Gasteiger partial charge in [-0.2, -0.15) is 0 Å².